The number of nitro benzene ring substituents is 1. The number of carbonyl (C=O) groups is 2. The summed E-state index contributed by atoms with van der Waals surface area (Å²) in [4.78, 5) is 32.3. The molecule has 1 atom stereocenters. The molecule has 0 aromatic heterocycles. The van der Waals surface area contributed by atoms with Gasteiger partial charge in [-0.1, -0.05) is 11.6 Å². The minimum atomic E-state index is -0.951. The molecule has 0 bridgehead atoms. The number of carbonyl (C=O) groups excluding carboxylic acids is 1. The Labute approximate surface area is 119 Å². The van der Waals surface area contributed by atoms with Gasteiger partial charge in [0.15, 0.2) is 0 Å². The van der Waals surface area contributed by atoms with Gasteiger partial charge in [-0.25, -0.2) is 0 Å². The van der Waals surface area contributed by atoms with Gasteiger partial charge < -0.3 is 10.4 Å². The lowest BCUT2D eigenvalue weighted by molar-refractivity contribution is -0.384. The van der Waals surface area contributed by atoms with Crippen molar-refractivity contribution in [1.29, 1.82) is 0 Å². The van der Waals surface area contributed by atoms with Crippen LogP contribution in [0.1, 0.15) is 30.1 Å². The van der Waals surface area contributed by atoms with Crippen LogP contribution in [0.4, 0.5) is 5.69 Å². The predicted octanol–water partition coefficient (Wildman–Crippen LogP) is 2.23. The monoisotopic (exact) mass is 300 g/mol. The summed E-state index contributed by atoms with van der Waals surface area (Å²) in [6.45, 7) is 1.66. The van der Waals surface area contributed by atoms with E-state index in [0.29, 0.717) is 0 Å². The van der Waals surface area contributed by atoms with Gasteiger partial charge in [0.25, 0.3) is 11.6 Å². The molecule has 1 amide bonds. The zero-order chi connectivity index (χ0) is 15.3. The Morgan fingerprint density at radius 2 is 2.15 bits per heavy atom. The molecule has 0 aliphatic carbocycles. The maximum absolute atomic E-state index is 11.9. The number of carboxylic acids is 1. The van der Waals surface area contributed by atoms with Gasteiger partial charge in [-0.15, -0.1) is 0 Å². The summed E-state index contributed by atoms with van der Waals surface area (Å²) >= 11 is 5.65. The van der Waals surface area contributed by atoms with Crippen LogP contribution in [0.5, 0.6) is 0 Å². The van der Waals surface area contributed by atoms with Gasteiger partial charge in [0, 0.05) is 24.1 Å². The van der Waals surface area contributed by atoms with Gasteiger partial charge in [0.1, 0.15) is 5.02 Å². The van der Waals surface area contributed by atoms with Gasteiger partial charge in [-0.05, 0) is 25.5 Å². The van der Waals surface area contributed by atoms with Crippen LogP contribution in [0.3, 0.4) is 0 Å². The van der Waals surface area contributed by atoms with E-state index in [-0.39, 0.29) is 35.2 Å². The molecule has 7 nitrogen and oxygen atoms in total. The molecule has 0 aliphatic rings. The van der Waals surface area contributed by atoms with E-state index in [1.807, 2.05) is 0 Å². The van der Waals surface area contributed by atoms with Gasteiger partial charge in [-0.3, -0.25) is 19.7 Å². The third-order valence-electron chi connectivity index (χ3n) is 2.57. The number of hydrogen-bond acceptors (Lipinski definition) is 4. The summed E-state index contributed by atoms with van der Waals surface area (Å²) < 4.78 is 0. The van der Waals surface area contributed by atoms with Crippen LogP contribution < -0.4 is 5.32 Å². The Morgan fingerprint density at radius 3 is 2.70 bits per heavy atom. The van der Waals surface area contributed by atoms with E-state index in [1.165, 1.54) is 12.1 Å². The Kier molecular flexibility index (Phi) is 5.45. The highest BCUT2D eigenvalue weighted by Gasteiger charge is 2.17. The molecule has 1 aromatic carbocycles. The Balaban J connectivity index is 2.75. The molecule has 1 rings (SSSR count). The van der Waals surface area contributed by atoms with Gasteiger partial charge in [0.2, 0.25) is 0 Å². The van der Waals surface area contributed by atoms with E-state index >= 15 is 0 Å². The fraction of sp³-hybridized carbons (Fsp3) is 0.333. The van der Waals surface area contributed by atoms with Crippen LogP contribution in [0.15, 0.2) is 18.2 Å². The first-order valence-electron chi connectivity index (χ1n) is 5.78. The van der Waals surface area contributed by atoms with Crippen LogP contribution in [-0.2, 0) is 4.79 Å². The number of carboxylic acid groups (broad SMARTS) is 1. The lowest BCUT2D eigenvalue weighted by atomic mass is 10.1. The Bertz CT molecular complexity index is 547. The van der Waals surface area contributed by atoms with Gasteiger partial charge >= 0.3 is 5.97 Å². The highest BCUT2D eigenvalue weighted by atomic mass is 35.5. The summed E-state index contributed by atoms with van der Waals surface area (Å²) in [5.41, 5.74) is -0.249. The third-order valence-corrected chi connectivity index (χ3v) is 2.89. The SMILES string of the molecule is CC(CCC(=O)O)NC(=O)c1ccc(Cl)c([N+](=O)[O-])c1. The molecule has 2 N–H and O–H groups in total. The maximum atomic E-state index is 11.9. The molecule has 1 unspecified atom stereocenters. The third kappa shape index (κ3) is 4.51. The number of nitro groups is 1. The molecule has 1 aromatic rings. The quantitative estimate of drug-likeness (QED) is 0.618. The zero-order valence-electron chi connectivity index (χ0n) is 10.6. The molecule has 0 radical (unpaired) electrons. The van der Waals surface area contributed by atoms with Gasteiger partial charge in [0.05, 0.1) is 4.92 Å². The summed E-state index contributed by atoms with van der Waals surface area (Å²) in [6.07, 6.45) is 0.207. The number of hydrogen-bond donors (Lipinski definition) is 2. The molecule has 0 saturated heterocycles. The summed E-state index contributed by atoms with van der Waals surface area (Å²) in [5.74, 6) is -1.46. The number of rotatable bonds is 6. The highest BCUT2D eigenvalue weighted by Crippen LogP contribution is 2.25. The predicted molar refractivity (Wildman–Crippen MR) is 71.9 cm³/mol. The fourth-order valence-corrected chi connectivity index (χ4v) is 1.70. The number of amides is 1. The van der Waals surface area contributed by atoms with Crippen molar-refractivity contribution in [3.63, 3.8) is 0 Å². The van der Waals surface area contributed by atoms with E-state index in [0.717, 1.165) is 6.07 Å². The van der Waals surface area contributed by atoms with E-state index in [4.69, 9.17) is 16.7 Å². The first kappa shape index (κ1) is 15.9. The standard InChI is InChI=1S/C12H13ClN2O5/c1-7(2-5-11(16)17)14-12(18)8-3-4-9(13)10(6-8)15(19)20/h3-4,6-7H,2,5H2,1H3,(H,14,18)(H,16,17). The summed E-state index contributed by atoms with van der Waals surface area (Å²) in [6, 6.07) is 3.38. The van der Waals surface area contributed by atoms with Crippen molar-refractivity contribution in [2.75, 3.05) is 0 Å². The van der Waals surface area contributed by atoms with Crippen LogP contribution in [-0.4, -0.2) is 27.9 Å². The van der Waals surface area contributed by atoms with Crippen molar-refractivity contribution in [3.8, 4) is 0 Å². The fourth-order valence-electron chi connectivity index (χ4n) is 1.51. The largest absolute Gasteiger partial charge is 0.481 e. The zero-order valence-corrected chi connectivity index (χ0v) is 11.4. The summed E-state index contributed by atoms with van der Waals surface area (Å²) in [5, 5.41) is 21.8. The van der Waals surface area contributed by atoms with E-state index in [1.54, 1.807) is 6.92 Å². The minimum absolute atomic E-state index is 0.0505. The van der Waals surface area contributed by atoms with Crippen molar-refractivity contribution >= 4 is 29.2 Å². The number of nitrogens with one attached hydrogen (secondary N) is 1. The Morgan fingerprint density at radius 1 is 1.50 bits per heavy atom. The van der Waals surface area contributed by atoms with Gasteiger partial charge in [-0.2, -0.15) is 0 Å². The topological polar surface area (TPSA) is 110 Å². The highest BCUT2D eigenvalue weighted by molar-refractivity contribution is 6.32. The number of nitrogens with zero attached hydrogens (tertiary/aromatic N) is 1. The van der Waals surface area contributed by atoms with Crippen LogP contribution >= 0.6 is 11.6 Å². The molecule has 0 fully saturated rings. The van der Waals surface area contributed by atoms with Crippen molar-refractivity contribution in [2.45, 2.75) is 25.8 Å². The molecule has 108 valence electrons. The lowest BCUT2D eigenvalue weighted by Gasteiger charge is -2.12. The van der Waals surface area contributed by atoms with Crippen LogP contribution in [0.2, 0.25) is 5.02 Å². The number of halogens is 1. The van der Waals surface area contributed by atoms with E-state index in [2.05, 4.69) is 5.32 Å². The average molecular weight is 301 g/mol. The lowest BCUT2D eigenvalue weighted by Crippen LogP contribution is -2.32. The second-order valence-electron chi connectivity index (χ2n) is 4.23. The second-order valence-corrected chi connectivity index (χ2v) is 4.64. The average Bonchev–Trinajstić information content (AvgIpc) is 2.36. The van der Waals surface area contributed by atoms with E-state index < -0.39 is 16.8 Å². The molecule has 8 heteroatoms. The van der Waals surface area contributed by atoms with Crippen LogP contribution in [0, 0.1) is 10.1 Å². The summed E-state index contributed by atoms with van der Waals surface area (Å²) in [7, 11) is 0. The first-order chi connectivity index (χ1) is 9.31. The smallest absolute Gasteiger partial charge is 0.303 e. The molecule has 0 aliphatic heterocycles. The maximum Gasteiger partial charge on any atom is 0.303 e. The first-order valence-corrected chi connectivity index (χ1v) is 6.15. The van der Waals surface area contributed by atoms with E-state index in [9.17, 15) is 19.7 Å². The second kappa shape index (κ2) is 6.85. The molecule has 0 spiro atoms. The normalized spacial score (nSPS) is 11.7. The molecular weight excluding hydrogens is 288 g/mol. The molecule has 0 saturated carbocycles. The number of aliphatic carboxylic acids is 1. The van der Waals surface area contributed by atoms with Crippen molar-refractivity contribution in [2.24, 2.45) is 0 Å². The molecule has 0 heterocycles. The Hall–Kier alpha value is -2.15. The van der Waals surface area contributed by atoms with Crippen molar-refractivity contribution in [3.05, 3.63) is 38.9 Å². The molecular formula is C12H13ClN2O5. The van der Waals surface area contributed by atoms with Crippen molar-refractivity contribution in [1.82, 2.24) is 5.32 Å². The van der Waals surface area contributed by atoms with Crippen molar-refractivity contribution < 1.29 is 19.6 Å². The molecule has 20 heavy (non-hydrogen) atoms. The number of benzene rings is 1. The van der Waals surface area contributed by atoms with Crippen LogP contribution in [0.25, 0.3) is 0 Å². The minimum Gasteiger partial charge on any atom is -0.481 e.